The van der Waals surface area contributed by atoms with E-state index < -0.39 is 0 Å². The molecule has 1 saturated carbocycles. The molecule has 1 aromatic rings. The molecule has 102 valence electrons. The zero-order valence-corrected chi connectivity index (χ0v) is 12.9. The van der Waals surface area contributed by atoms with Crippen molar-refractivity contribution in [2.24, 2.45) is 5.41 Å². The third kappa shape index (κ3) is 3.58. The molecule has 1 aromatic heterocycles. The van der Waals surface area contributed by atoms with E-state index in [1.54, 1.807) is 4.88 Å². The summed E-state index contributed by atoms with van der Waals surface area (Å²) in [5.74, 6) is 0. The van der Waals surface area contributed by atoms with Gasteiger partial charge in [0.05, 0.1) is 0 Å². The molecule has 2 rings (SSSR count). The summed E-state index contributed by atoms with van der Waals surface area (Å²) in [5, 5.41) is 3.67. The summed E-state index contributed by atoms with van der Waals surface area (Å²) in [6.07, 6.45) is 8.13. The second-order valence-corrected chi connectivity index (χ2v) is 7.39. The van der Waals surface area contributed by atoms with Crippen molar-refractivity contribution in [2.45, 2.75) is 65.3 Å². The largest absolute Gasteiger partial charge is 0.314 e. The highest BCUT2D eigenvalue weighted by Gasteiger charge is 2.34. The average molecular weight is 265 g/mol. The van der Waals surface area contributed by atoms with Crippen molar-refractivity contribution in [1.29, 1.82) is 0 Å². The van der Waals surface area contributed by atoms with E-state index in [0.29, 0.717) is 11.5 Å². The van der Waals surface area contributed by atoms with Gasteiger partial charge in [-0.05, 0) is 43.2 Å². The van der Waals surface area contributed by atoms with Gasteiger partial charge in [0, 0.05) is 22.3 Å². The summed E-state index contributed by atoms with van der Waals surface area (Å²) in [5.41, 5.74) is 0.542. The number of rotatable bonds is 6. The zero-order valence-electron chi connectivity index (χ0n) is 12.1. The second kappa shape index (κ2) is 6.21. The highest BCUT2D eigenvalue weighted by atomic mass is 32.1. The standard InChI is InChI=1S/C16H27NS/c1-4-14-7-8-15(18-14)11-16(9-5-6-10-16)12-17-13(2)3/h7-8,13,17H,4-6,9-12H2,1-3H3. The fourth-order valence-corrected chi connectivity index (χ4v) is 4.17. The summed E-state index contributed by atoms with van der Waals surface area (Å²) < 4.78 is 0. The van der Waals surface area contributed by atoms with Crippen LogP contribution in [0.2, 0.25) is 0 Å². The first-order chi connectivity index (χ1) is 8.63. The molecule has 0 unspecified atom stereocenters. The maximum Gasteiger partial charge on any atom is 0.00541 e. The van der Waals surface area contributed by atoms with Crippen molar-refractivity contribution >= 4 is 11.3 Å². The Morgan fingerprint density at radius 3 is 2.44 bits per heavy atom. The molecule has 0 bridgehead atoms. The van der Waals surface area contributed by atoms with Crippen LogP contribution in [0.4, 0.5) is 0 Å². The number of thiophene rings is 1. The Morgan fingerprint density at radius 2 is 1.89 bits per heavy atom. The van der Waals surface area contributed by atoms with Crippen LogP contribution in [0.1, 0.15) is 56.2 Å². The summed E-state index contributed by atoms with van der Waals surface area (Å²) >= 11 is 2.02. The van der Waals surface area contributed by atoms with Gasteiger partial charge >= 0.3 is 0 Å². The maximum absolute atomic E-state index is 3.67. The molecular formula is C16H27NS. The van der Waals surface area contributed by atoms with Crippen molar-refractivity contribution in [3.8, 4) is 0 Å². The topological polar surface area (TPSA) is 12.0 Å². The van der Waals surface area contributed by atoms with Gasteiger partial charge in [-0.1, -0.05) is 33.6 Å². The molecule has 1 aliphatic carbocycles. The van der Waals surface area contributed by atoms with Gasteiger partial charge in [-0.15, -0.1) is 11.3 Å². The third-order valence-electron chi connectivity index (χ3n) is 4.16. The molecular weight excluding hydrogens is 238 g/mol. The zero-order chi connectivity index (χ0) is 13.0. The number of nitrogens with one attached hydrogen (secondary N) is 1. The predicted molar refractivity (Wildman–Crippen MR) is 81.4 cm³/mol. The minimum Gasteiger partial charge on any atom is -0.314 e. The predicted octanol–water partition coefficient (Wildman–Crippen LogP) is 4.41. The van der Waals surface area contributed by atoms with Gasteiger partial charge in [0.2, 0.25) is 0 Å². The fraction of sp³-hybridized carbons (Fsp3) is 0.750. The van der Waals surface area contributed by atoms with Gasteiger partial charge in [0.25, 0.3) is 0 Å². The van der Waals surface area contributed by atoms with Crippen molar-refractivity contribution in [1.82, 2.24) is 5.32 Å². The Hall–Kier alpha value is -0.340. The highest BCUT2D eigenvalue weighted by Crippen LogP contribution is 2.41. The molecule has 1 nitrogen and oxygen atoms in total. The van der Waals surface area contributed by atoms with E-state index in [1.165, 1.54) is 49.9 Å². The van der Waals surface area contributed by atoms with Gasteiger partial charge in [0.15, 0.2) is 0 Å². The van der Waals surface area contributed by atoms with E-state index in [0.717, 1.165) is 0 Å². The van der Waals surface area contributed by atoms with Crippen LogP contribution in [-0.4, -0.2) is 12.6 Å². The van der Waals surface area contributed by atoms with E-state index in [4.69, 9.17) is 0 Å². The lowest BCUT2D eigenvalue weighted by Gasteiger charge is -2.30. The van der Waals surface area contributed by atoms with Crippen LogP contribution in [0.15, 0.2) is 12.1 Å². The molecule has 1 aliphatic rings. The Morgan fingerprint density at radius 1 is 1.22 bits per heavy atom. The van der Waals surface area contributed by atoms with Crippen molar-refractivity contribution in [3.05, 3.63) is 21.9 Å². The van der Waals surface area contributed by atoms with Crippen LogP contribution in [0.5, 0.6) is 0 Å². The molecule has 0 atom stereocenters. The third-order valence-corrected chi connectivity index (χ3v) is 5.39. The van der Waals surface area contributed by atoms with Crippen molar-refractivity contribution in [2.75, 3.05) is 6.54 Å². The van der Waals surface area contributed by atoms with Crippen LogP contribution in [0.3, 0.4) is 0 Å². The van der Waals surface area contributed by atoms with Crippen LogP contribution in [-0.2, 0) is 12.8 Å². The van der Waals surface area contributed by atoms with Crippen LogP contribution in [0, 0.1) is 5.41 Å². The minimum atomic E-state index is 0.542. The minimum absolute atomic E-state index is 0.542. The lowest BCUT2D eigenvalue weighted by atomic mass is 9.82. The molecule has 0 aliphatic heterocycles. The molecule has 0 spiro atoms. The molecule has 1 heterocycles. The fourth-order valence-electron chi connectivity index (χ4n) is 3.04. The summed E-state index contributed by atoms with van der Waals surface area (Å²) in [4.78, 5) is 3.13. The SMILES string of the molecule is CCc1ccc(CC2(CNC(C)C)CCCC2)s1. The van der Waals surface area contributed by atoms with E-state index in [9.17, 15) is 0 Å². The number of hydrogen-bond acceptors (Lipinski definition) is 2. The van der Waals surface area contributed by atoms with Crippen LogP contribution >= 0.6 is 11.3 Å². The summed E-state index contributed by atoms with van der Waals surface area (Å²) in [6.45, 7) is 7.96. The molecule has 0 radical (unpaired) electrons. The van der Waals surface area contributed by atoms with Gasteiger partial charge in [-0.2, -0.15) is 0 Å². The number of hydrogen-bond donors (Lipinski definition) is 1. The molecule has 0 amide bonds. The molecule has 0 aromatic carbocycles. The Bertz CT molecular complexity index is 361. The first-order valence-corrected chi connectivity index (χ1v) is 8.26. The van der Waals surface area contributed by atoms with E-state index in [1.807, 2.05) is 11.3 Å². The van der Waals surface area contributed by atoms with E-state index in [-0.39, 0.29) is 0 Å². The Labute approximate surface area is 116 Å². The maximum atomic E-state index is 3.67. The van der Waals surface area contributed by atoms with E-state index >= 15 is 0 Å². The number of aryl methyl sites for hydroxylation is 1. The van der Waals surface area contributed by atoms with Gasteiger partial charge in [0.1, 0.15) is 0 Å². The summed E-state index contributed by atoms with van der Waals surface area (Å²) in [7, 11) is 0. The first-order valence-electron chi connectivity index (χ1n) is 7.44. The monoisotopic (exact) mass is 265 g/mol. The molecule has 2 heteroatoms. The highest BCUT2D eigenvalue weighted by molar-refractivity contribution is 7.11. The average Bonchev–Trinajstić information content (AvgIpc) is 2.97. The van der Waals surface area contributed by atoms with Crippen molar-refractivity contribution < 1.29 is 0 Å². The molecule has 1 N–H and O–H groups in total. The lowest BCUT2D eigenvalue weighted by Crippen LogP contribution is -2.37. The molecule has 1 fully saturated rings. The van der Waals surface area contributed by atoms with Gasteiger partial charge in [-0.3, -0.25) is 0 Å². The van der Waals surface area contributed by atoms with Crippen molar-refractivity contribution in [3.63, 3.8) is 0 Å². The van der Waals surface area contributed by atoms with E-state index in [2.05, 4.69) is 38.2 Å². The Balaban J connectivity index is 2.01. The van der Waals surface area contributed by atoms with Crippen LogP contribution < -0.4 is 5.32 Å². The summed E-state index contributed by atoms with van der Waals surface area (Å²) in [6, 6.07) is 5.29. The Kier molecular flexibility index (Phi) is 4.85. The first kappa shape index (κ1) is 14.1. The second-order valence-electron chi connectivity index (χ2n) is 6.14. The van der Waals surface area contributed by atoms with Gasteiger partial charge in [-0.25, -0.2) is 0 Å². The normalized spacial score (nSPS) is 18.7. The lowest BCUT2D eigenvalue weighted by molar-refractivity contribution is 0.271. The molecule has 18 heavy (non-hydrogen) atoms. The smallest absolute Gasteiger partial charge is 0.00541 e. The molecule has 0 saturated heterocycles. The quantitative estimate of drug-likeness (QED) is 0.803. The van der Waals surface area contributed by atoms with Gasteiger partial charge < -0.3 is 5.32 Å². The van der Waals surface area contributed by atoms with Crippen LogP contribution in [0.25, 0.3) is 0 Å².